The van der Waals surface area contributed by atoms with Gasteiger partial charge in [-0.1, -0.05) is 24.3 Å². The summed E-state index contributed by atoms with van der Waals surface area (Å²) in [6.07, 6.45) is 5.58. The van der Waals surface area contributed by atoms with E-state index in [0.717, 1.165) is 16.8 Å². The van der Waals surface area contributed by atoms with Gasteiger partial charge in [-0.15, -0.1) is 0 Å². The highest BCUT2D eigenvalue weighted by Crippen LogP contribution is 2.27. The Kier molecular flexibility index (Phi) is 2.08. The largest absolute Gasteiger partial charge is 0.350 e. The van der Waals surface area contributed by atoms with Gasteiger partial charge in [0.2, 0.25) is 0 Å². The number of allylic oxidation sites excluding steroid dienone is 1. The number of fused-ring (bicyclic) bond motifs is 1. The molecule has 0 atom stereocenters. The average molecular weight is 182 g/mol. The molecule has 0 bridgehead atoms. The number of nitrogens with zero attached hydrogens (tertiary/aromatic N) is 2. The first kappa shape index (κ1) is 8.58. The molecule has 68 valence electrons. The Hall–Kier alpha value is -2.01. The number of hydrogen-bond acceptors (Lipinski definition) is 2. The molecular formula is C12H10N2. The number of benzene rings is 1. The van der Waals surface area contributed by atoms with Gasteiger partial charge in [0.15, 0.2) is 0 Å². The fraction of sp³-hybridized carbons (Fsp3) is 0.0833. The van der Waals surface area contributed by atoms with Gasteiger partial charge in [0.05, 0.1) is 11.8 Å². The molecule has 0 amide bonds. The molecule has 2 heteroatoms. The summed E-state index contributed by atoms with van der Waals surface area (Å²) in [6, 6.07) is 10.1. The molecule has 2 nitrogen and oxygen atoms in total. The SMILES string of the molecule is CN1C=Cc2ccccc2/C1=C\C#N. The fourth-order valence-corrected chi connectivity index (χ4v) is 1.58. The van der Waals surface area contributed by atoms with E-state index in [1.165, 1.54) is 0 Å². The third kappa shape index (κ3) is 1.29. The summed E-state index contributed by atoms with van der Waals surface area (Å²) < 4.78 is 0. The molecule has 0 fully saturated rings. The van der Waals surface area contributed by atoms with Crippen LogP contribution in [0.4, 0.5) is 0 Å². The van der Waals surface area contributed by atoms with E-state index in [4.69, 9.17) is 5.26 Å². The summed E-state index contributed by atoms with van der Waals surface area (Å²) in [5, 5.41) is 8.68. The zero-order valence-corrected chi connectivity index (χ0v) is 7.94. The van der Waals surface area contributed by atoms with E-state index in [9.17, 15) is 0 Å². The molecule has 2 rings (SSSR count). The monoisotopic (exact) mass is 182 g/mol. The Morgan fingerprint density at radius 2 is 2.14 bits per heavy atom. The second-order valence-electron chi connectivity index (χ2n) is 3.17. The molecule has 14 heavy (non-hydrogen) atoms. The van der Waals surface area contributed by atoms with E-state index in [1.807, 2.05) is 48.5 Å². The number of rotatable bonds is 0. The van der Waals surface area contributed by atoms with Gasteiger partial charge in [0, 0.05) is 24.9 Å². The predicted molar refractivity (Wildman–Crippen MR) is 56.8 cm³/mol. The molecule has 0 radical (unpaired) electrons. The molecule has 1 aliphatic rings. The standard InChI is InChI=1S/C12H10N2/c1-14-9-7-10-4-2-3-5-11(10)12(14)6-8-13/h2-7,9H,1H3/b12-6+. The van der Waals surface area contributed by atoms with Crippen molar-refractivity contribution in [1.82, 2.24) is 4.90 Å². The van der Waals surface area contributed by atoms with Gasteiger partial charge < -0.3 is 4.90 Å². The fourth-order valence-electron chi connectivity index (χ4n) is 1.58. The van der Waals surface area contributed by atoms with Gasteiger partial charge in [-0.2, -0.15) is 5.26 Å². The maximum Gasteiger partial charge on any atom is 0.0934 e. The lowest BCUT2D eigenvalue weighted by atomic mass is 10.0. The minimum atomic E-state index is 0.950. The topological polar surface area (TPSA) is 27.0 Å². The zero-order valence-electron chi connectivity index (χ0n) is 7.94. The second-order valence-corrected chi connectivity index (χ2v) is 3.17. The minimum Gasteiger partial charge on any atom is -0.350 e. The van der Waals surface area contributed by atoms with E-state index >= 15 is 0 Å². The van der Waals surface area contributed by atoms with Crippen molar-refractivity contribution in [2.45, 2.75) is 0 Å². The first-order chi connectivity index (χ1) is 6.83. The molecule has 0 aliphatic carbocycles. The highest BCUT2D eigenvalue weighted by atomic mass is 15.1. The van der Waals surface area contributed by atoms with Gasteiger partial charge in [0.1, 0.15) is 0 Å². The molecule has 1 aromatic carbocycles. The van der Waals surface area contributed by atoms with E-state index < -0.39 is 0 Å². The predicted octanol–water partition coefficient (Wildman–Crippen LogP) is 2.47. The maximum atomic E-state index is 8.68. The van der Waals surface area contributed by atoms with Crippen LogP contribution in [-0.4, -0.2) is 11.9 Å². The van der Waals surface area contributed by atoms with Crippen molar-refractivity contribution in [1.29, 1.82) is 5.26 Å². The number of nitriles is 1. The average Bonchev–Trinajstić information content (AvgIpc) is 2.23. The Morgan fingerprint density at radius 3 is 2.93 bits per heavy atom. The van der Waals surface area contributed by atoms with Gasteiger partial charge in [0.25, 0.3) is 0 Å². The highest BCUT2D eigenvalue weighted by molar-refractivity contribution is 5.78. The van der Waals surface area contributed by atoms with Gasteiger partial charge in [-0.05, 0) is 11.6 Å². The molecule has 0 unspecified atom stereocenters. The highest BCUT2D eigenvalue weighted by Gasteiger charge is 2.12. The summed E-state index contributed by atoms with van der Waals surface area (Å²) >= 11 is 0. The molecule has 1 aromatic rings. The van der Waals surface area contributed by atoms with E-state index in [1.54, 1.807) is 6.08 Å². The minimum absolute atomic E-state index is 0.950. The molecule has 0 aromatic heterocycles. The van der Waals surface area contributed by atoms with Crippen molar-refractivity contribution in [3.63, 3.8) is 0 Å². The van der Waals surface area contributed by atoms with E-state index in [-0.39, 0.29) is 0 Å². The lowest BCUT2D eigenvalue weighted by molar-refractivity contribution is 0.654. The molecule has 0 spiro atoms. The maximum absolute atomic E-state index is 8.68. The normalized spacial score (nSPS) is 16.6. The third-order valence-corrected chi connectivity index (χ3v) is 2.30. The summed E-state index contributed by atoms with van der Waals surface area (Å²) in [5.41, 5.74) is 3.22. The van der Waals surface area contributed by atoms with Crippen molar-refractivity contribution in [3.05, 3.63) is 47.7 Å². The molecule has 1 aliphatic heterocycles. The Labute approximate surface area is 83.4 Å². The summed E-state index contributed by atoms with van der Waals surface area (Å²) in [7, 11) is 1.94. The summed E-state index contributed by atoms with van der Waals surface area (Å²) in [4.78, 5) is 1.95. The third-order valence-electron chi connectivity index (χ3n) is 2.30. The van der Waals surface area contributed by atoms with Crippen molar-refractivity contribution < 1.29 is 0 Å². The zero-order chi connectivity index (χ0) is 9.97. The quantitative estimate of drug-likeness (QED) is 0.576. The smallest absolute Gasteiger partial charge is 0.0934 e. The molecule has 0 saturated carbocycles. The Bertz CT molecular complexity index is 450. The van der Waals surface area contributed by atoms with Crippen molar-refractivity contribution in [3.8, 4) is 6.07 Å². The Morgan fingerprint density at radius 1 is 1.36 bits per heavy atom. The number of hydrogen-bond donors (Lipinski definition) is 0. The van der Waals surface area contributed by atoms with Crippen LogP contribution in [0.3, 0.4) is 0 Å². The first-order valence-electron chi connectivity index (χ1n) is 4.43. The second kappa shape index (κ2) is 3.39. The summed E-state index contributed by atoms with van der Waals surface area (Å²) in [5.74, 6) is 0. The van der Waals surface area contributed by atoms with Crippen molar-refractivity contribution >= 4 is 11.8 Å². The van der Waals surface area contributed by atoms with Crippen LogP contribution < -0.4 is 0 Å². The van der Waals surface area contributed by atoms with Crippen LogP contribution in [0.5, 0.6) is 0 Å². The molecule has 1 heterocycles. The molecular weight excluding hydrogens is 172 g/mol. The van der Waals surface area contributed by atoms with E-state index in [2.05, 4.69) is 6.07 Å². The van der Waals surface area contributed by atoms with Crippen LogP contribution in [0.2, 0.25) is 0 Å². The van der Waals surface area contributed by atoms with Crippen LogP contribution in [0, 0.1) is 11.3 Å². The molecule has 0 N–H and O–H groups in total. The molecule has 0 saturated heterocycles. The van der Waals surface area contributed by atoms with Crippen molar-refractivity contribution in [2.75, 3.05) is 7.05 Å². The van der Waals surface area contributed by atoms with Crippen LogP contribution in [0.1, 0.15) is 11.1 Å². The lowest BCUT2D eigenvalue weighted by Crippen LogP contribution is -2.13. The lowest BCUT2D eigenvalue weighted by Gasteiger charge is -2.23. The van der Waals surface area contributed by atoms with Gasteiger partial charge in [-0.3, -0.25) is 0 Å². The van der Waals surface area contributed by atoms with Gasteiger partial charge >= 0.3 is 0 Å². The van der Waals surface area contributed by atoms with Gasteiger partial charge in [-0.25, -0.2) is 0 Å². The van der Waals surface area contributed by atoms with Crippen LogP contribution in [0.25, 0.3) is 11.8 Å². The Balaban J connectivity index is 2.60. The van der Waals surface area contributed by atoms with Crippen molar-refractivity contribution in [2.24, 2.45) is 0 Å². The van der Waals surface area contributed by atoms with Crippen LogP contribution in [-0.2, 0) is 0 Å². The summed E-state index contributed by atoms with van der Waals surface area (Å²) in [6.45, 7) is 0. The van der Waals surface area contributed by atoms with Crippen LogP contribution in [0.15, 0.2) is 36.5 Å². The van der Waals surface area contributed by atoms with E-state index in [0.29, 0.717) is 0 Å². The van der Waals surface area contributed by atoms with Crippen LogP contribution >= 0.6 is 0 Å². The first-order valence-corrected chi connectivity index (χ1v) is 4.43.